The summed E-state index contributed by atoms with van der Waals surface area (Å²) in [6.07, 6.45) is -0.699. The van der Waals surface area contributed by atoms with Crippen LogP contribution < -0.4 is 5.32 Å². The van der Waals surface area contributed by atoms with E-state index in [1.807, 2.05) is 20.8 Å². The molecule has 74 valence electrons. The van der Waals surface area contributed by atoms with Crippen LogP contribution in [0.4, 0.5) is 8.78 Å². The molecule has 0 heterocycles. The molecular formula is C9H19F2N. The molecule has 0 saturated heterocycles. The maximum Gasteiger partial charge on any atom is 0.253 e. The zero-order valence-electron chi connectivity index (χ0n) is 8.11. The lowest BCUT2D eigenvalue weighted by molar-refractivity contribution is 0.0873. The van der Waals surface area contributed by atoms with E-state index in [2.05, 4.69) is 5.32 Å². The zero-order valence-corrected chi connectivity index (χ0v) is 8.11. The molecule has 0 saturated carbocycles. The molecule has 2 atom stereocenters. The molecule has 0 aliphatic heterocycles. The highest BCUT2D eigenvalue weighted by atomic mass is 19.3. The molecule has 0 spiro atoms. The Hall–Kier alpha value is -0.180. The van der Waals surface area contributed by atoms with Gasteiger partial charge < -0.3 is 5.32 Å². The molecule has 0 fully saturated rings. The first-order valence-electron chi connectivity index (χ1n) is 4.63. The van der Waals surface area contributed by atoms with Crippen LogP contribution in [0, 0.1) is 5.92 Å². The molecule has 3 heteroatoms. The fraction of sp³-hybridized carbons (Fsp3) is 1.00. The van der Waals surface area contributed by atoms with Crippen LogP contribution in [0.15, 0.2) is 0 Å². The standard InChI is InChI=1S/C9H19F2N/c1-4-7(3)6-8(9(10)11)12-5-2/h7-9,12H,4-6H2,1-3H3. The summed E-state index contributed by atoms with van der Waals surface area (Å²) in [5.41, 5.74) is 0. The minimum absolute atomic E-state index is 0.378. The molecule has 0 bridgehead atoms. The first-order chi connectivity index (χ1) is 5.61. The Morgan fingerprint density at radius 1 is 1.25 bits per heavy atom. The molecular weight excluding hydrogens is 160 g/mol. The predicted molar refractivity (Wildman–Crippen MR) is 47.5 cm³/mol. The third kappa shape index (κ3) is 4.65. The fourth-order valence-electron chi connectivity index (χ4n) is 1.14. The summed E-state index contributed by atoms with van der Waals surface area (Å²) in [6.45, 7) is 6.50. The molecule has 12 heavy (non-hydrogen) atoms. The van der Waals surface area contributed by atoms with Crippen molar-refractivity contribution in [3.8, 4) is 0 Å². The summed E-state index contributed by atoms with van der Waals surface area (Å²) in [5.74, 6) is 0.378. The highest BCUT2D eigenvalue weighted by molar-refractivity contribution is 4.70. The highest BCUT2D eigenvalue weighted by Crippen LogP contribution is 2.14. The van der Waals surface area contributed by atoms with Gasteiger partial charge >= 0.3 is 0 Å². The third-order valence-electron chi connectivity index (χ3n) is 2.12. The van der Waals surface area contributed by atoms with Crippen molar-refractivity contribution in [2.45, 2.75) is 46.1 Å². The van der Waals surface area contributed by atoms with E-state index < -0.39 is 12.5 Å². The lowest BCUT2D eigenvalue weighted by atomic mass is 9.99. The maximum absolute atomic E-state index is 12.3. The molecule has 0 aliphatic carbocycles. The second kappa shape index (κ2) is 6.35. The van der Waals surface area contributed by atoms with Crippen molar-refractivity contribution < 1.29 is 8.78 Å². The van der Waals surface area contributed by atoms with E-state index in [9.17, 15) is 8.78 Å². The Kier molecular flexibility index (Phi) is 6.25. The molecule has 2 unspecified atom stereocenters. The van der Waals surface area contributed by atoms with Crippen LogP contribution >= 0.6 is 0 Å². The molecule has 0 aromatic carbocycles. The number of hydrogen-bond donors (Lipinski definition) is 1. The van der Waals surface area contributed by atoms with Gasteiger partial charge in [0.05, 0.1) is 6.04 Å². The molecule has 0 radical (unpaired) electrons. The topological polar surface area (TPSA) is 12.0 Å². The van der Waals surface area contributed by atoms with E-state index >= 15 is 0 Å². The number of nitrogens with one attached hydrogen (secondary N) is 1. The number of halogens is 2. The number of rotatable bonds is 6. The summed E-state index contributed by atoms with van der Waals surface area (Å²) >= 11 is 0. The van der Waals surface area contributed by atoms with Gasteiger partial charge in [0.15, 0.2) is 0 Å². The summed E-state index contributed by atoms with van der Waals surface area (Å²) in [6, 6.07) is -0.620. The van der Waals surface area contributed by atoms with Gasteiger partial charge in [0, 0.05) is 0 Å². The zero-order chi connectivity index (χ0) is 9.56. The van der Waals surface area contributed by atoms with Gasteiger partial charge in [0.1, 0.15) is 0 Å². The predicted octanol–water partition coefficient (Wildman–Crippen LogP) is 2.67. The molecule has 1 N–H and O–H groups in total. The fourth-order valence-corrected chi connectivity index (χ4v) is 1.14. The van der Waals surface area contributed by atoms with Crippen molar-refractivity contribution in [1.82, 2.24) is 5.32 Å². The normalized spacial score (nSPS) is 16.5. The average Bonchev–Trinajstić information content (AvgIpc) is 2.03. The Bertz CT molecular complexity index is 107. The Morgan fingerprint density at radius 2 is 1.83 bits per heavy atom. The first-order valence-corrected chi connectivity index (χ1v) is 4.63. The van der Waals surface area contributed by atoms with Crippen molar-refractivity contribution >= 4 is 0 Å². The van der Waals surface area contributed by atoms with E-state index in [0.717, 1.165) is 6.42 Å². The van der Waals surface area contributed by atoms with Gasteiger partial charge in [0.2, 0.25) is 0 Å². The second-order valence-corrected chi connectivity index (χ2v) is 3.25. The van der Waals surface area contributed by atoms with Crippen molar-refractivity contribution in [1.29, 1.82) is 0 Å². The summed E-state index contributed by atoms with van der Waals surface area (Å²) in [5, 5.41) is 2.80. The Labute approximate surface area is 73.5 Å². The minimum atomic E-state index is -2.24. The summed E-state index contributed by atoms with van der Waals surface area (Å²) in [4.78, 5) is 0. The van der Waals surface area contributed by atoms with Gasteiger partial charge in [-0.2, -0.15) is 0 Å². The van der Waals surface area contributed by atoms with Gasteiger partial charge in [-0.05, 0) is 18.9 Å². The van der Waals surface area contributed by atoms with E-state index in [4.69, 9.17) is 0 Å². The van der Waals surface area contributed by atoms with Crippen molar-refractivity contribution in [3.63, 3.8) is 0 Å². The van der Waals surface area contributed by atoms with Crippen molar-refractivity contribution in [2.75, 3.05) is 6.54 Å². The second-order valence-electron chi connectivity index (χ2n) is 3.25. The van der Waals surface area contributed by atoms with Gasteiger partial charge in [-0.25, -0.2) is 8.78 Å². The van der Waals surface area contributed by atoms with E-state index in [-0.39, 0.29) is 0 Å². The molecule has 0 rings (SSSR count). The van der Waals surface area contributed by atoms with Crippen LogP contribution in [0.3, 0.4) is 0 Å². The third-order valence-corrected chi connectivity index (χ3v) is 2.12. The molecule has 0 amide bonds. The van der Waals surface area contributed by atoms with Crippen LogP contribution in [0.25, 0.3) is 0 Å². The van der Waals surface area contributed by atoms with Crippen LogP contribution in [0.1, 0.15) is 33.6 Å². The smallest absolute Gasteiger partial charge is 0.253 e. The lowest BCUT2D eigenvalue weighted by Gasteiger charge is -2.19. The minimum Gasteiger partial charge on any atom is -0.309 e. The van der Waals surface area contributed by atoms with E-state index in [1.165, 1.54) is 0 Å². The van der Waals surface area contributed by atoms with Crippen LogP contribution in [0.2, 0.25) is 0 Å². The molecule has 0 aromatic heterocycles. The monoisotopic (exact) mass is 179 g/mol. The highest BCUT2D eigenvalue weighted by Gasteiger charge is 2.20. The van der Waals surface area contributed by atoms with Gasteiger partial charge in [0.25, 0.3) is 6.43 Å². The number of hydrogen-bond acceptors (Lipinski definition) is 1. The maximum atomic E-state index is 12.3. The summed E-state index contributed by atoms with van der Waals surface area (Å²) in [7, 11) is 0. The van der Waals surface area contributed by atoms with Gasteiger partial charge in [-0.15, -0.1) is 0 Å². The molecule has 0 aliphatic rings. The SMILES string of the molecule is CCNC(CC(C)CC)C(F)F. The first kappa shape index (κ1) is 11.8. The average molecular weight is 179 g/mol. The van der Waals surface area contributed by atoms with Crippen LogP contribution in [-0.4, -0.2) is 19.0 Å². The Balaban J connectivity index is 3.77. The number of alkyl halides is 2. The van der Waals surface area contributed by atoms with Crippen LogP contribution in [-0.2, 0) is 0 Å². The van der Waals surface area contributed by atoms with Gasteiger partial charge in [-0.3, -0.25) is 0 Å². The van der Waals surface area contributed by atoms with Crippen LogP contribution in [0.5, 0.6) is 0 Å². The lowest BCUT2D eigenvalue weighted by Crippen LogP contribution is -2.36. The van der Waals surface area contributed by atoms with Gasteiger partial charge in [-0.1, -0.05) is 27.2 Å². The van der Waals surface area contributed by atoms with Crippen molar-refractivity contribution in [2.24, 2.45) is 5.92 Å². The quantitative estimate of drug-likeness (QED) is 0.661. The van der Waals surface area contributed by atoms with E-state index in [1.54, 1.807) is 0 Å². The van der Waals surface area contributed by atoms with E-state index in [0.29, 0.717) is 18.9 Å². The molecule has 0 aromatic rings. The Morgan fingerprint density at radius 3 is 2.17 bits per heavy atom. The van der Waals surface area contributed by atoms with Crippen molar-refractivity contribution in [3.05, 3.63) is 0 Å². The molecule has 1 nitrogen and oxygen atoms in total. The largest absolute Gasteiger partial charge is 0.309 e. The summed E-state index contributed by atoms with van der Waals surface area (Å²) < 4.78 is 24.6.